The van der Waals surface area contributed by atoms with E-state index in [1.54, 1.807) is 0 Å². The Morgan fingerprint density at radius 3 is 2.28 bits per heavy atom. The molecule has 0 saturated heterocycles. The fourth-order valence-electron chi connectivity index (χ4n) is 3.67. The summed E-state index contributed by atoms with van der Waals surface area (Å²) in [6, 6.07) is 1.44. The van der Waals surface area contributed by atoms with E-state index in [2.05, 4.69) is 25.7 Å². The lowest BCUT2D eigenvalue weighted by molar-refractivity contribution is 0.0527. The second-order valence-electron chi connectivity index (χ2n) is 6.88. The molecule has 106 valence electrons. The molecule has 0 amide bonds. The number of rotatable bonds is 6. The Morgan fingerprint density at radius 1 is 1.11 bits per heavy atom. The van der Waals surface area contributed by atoms with E-state index in [4.69, 9.17) is 5.73 Å². The van der Waals surface area contributed by atoms with Crippen molar-refractivity contribution in [3.8, 4) is 0 Å². The second-order valence-corrected chi connectivity index (χ2v) is 6.88. The Labute approximate surface area is 113 Å². The summed E-state index contributed by atoms with van der Waals surface area (Å²) >= 11 is 0. The third-order valence-electron chi connectivity index (χ3n) is 5.20. The van der Waals surface area contributed by atoms with Crippen LogP contribution in [0.4, 0.5) is 0 Å². The summed E-state index contributed by atoms with van der Waals surface area (Å²) in [7, 11) is 0. The van der Waals surface area contributed by atoms with E-state index in [1.807, 2.05) is 0 Å². The van der Waals surface area contributed by atoms with E-state index in [0.717, 1.165) is 30.3 Å². The van der Waals surface area contributed by atoms with Crippen molar-refractivity contribution in [1.29, 1.82) is 0 Å². The summed E-state index contributed by atoms with van der Waals surface area (Å²) in [4.78, 5) is 2.79. The molecule has 2 rings (SSSR count). The van der Waals surface area contributed by atoms with Gasteiger partial charge >= 0.3 is 0 Å². The van der Waals surface area contributed by atoms with Gasteiger partial charge in [-0.1, -0.05) is 19.8 Å². The van der Waals surface area contributed by atoms with Crippen LogP contribution in [0, 0.1) is 17.8 Å². The molecule has 0 aromatic rings. The Kier molecular flexibility index (Phi) is 5.08. The van der Waals surface area contributed by atoms with Gasteiger partial charge in [0.1, 0.15) is 0 Å². The highest BCUT2D eigenvalue weighted by atomic mass is 15.2. The third-order valence-corrected chi connectivity index (χ3v) is 5.20. The van der Waals surface area contributed by atoms with Crippen LogP contribution in [-0.2, 0) is 0 Å². The molecule has 0 aromatic heterocycles. The molecule has 0 radical (unpaired) electrons. The van der Waals surface area contributed by atoms with Crippen molar-refractivity contribution in [2.45, 2.75) is 71.4 Å². The van der Waals surface area contributed by atoms with Crippen LogP contribution in [-0.4, -0.2) is 30.1 Å². The molecule has 0 heterocycles. The third kappa shape index (κ3) is 3.48. The molecule has 2 saturated carbocycles. The van der Waals surface area contributed by atoms with Crippen LogP contribution in [0.2, 0.25) is 0 Å². The lowest BCUT2D eigenvalue weighted by Crippen LogP contribution is -2.50. The quantitative estimate of drug-likeness (QED) is 0.786. The lowest BCUT2D eigenvalue weighted by atomic mass is 9.76. The van der Waals surface area contributed by atoms with Crippen molar-refractivity contribution in [1.82, 2.24) is 4.90 Å². The van der Waals surface area contributed by atoms with Crippen molar-refractivity contribution in [3.63, 3.8) is 0 Å². The van der Waals surface area contributed by atoms with Crippen molar-refractivity contribution < 1.29 is 0 Å². The molecule has 2 N–H and O–H groups in total. The summed E-state index contributed by atoms with van der Waals surface area (Å²) in [5.74, 6) is 2.68. The Bertz CT molecular complexity index is 247. The molecule has 0 aliphatic heterocycles. The normalized spacial score (nSPS) is 33.3. The van der Waals surface area contributed by atoms with E-state index in [9.17, 15) is 0 Å². The minimum absolute atomic E-state index is 0.681. The van der Waals surface area contributed by atoms with Gasteiger partial charge in [0.05, 0.1) is 0 Å². The standard InChI is InChI=1S/C16H32N2/c1-4-13-7-8-15(10-17)16(9-13)18(12(2)3)11-14-5-6-14/h12-16H,4-11,17H2,1-3H3. The Morgan fingerprint density at radius 2 is 1.78 bits per heavy atom. The highest BCUT2D eigenvalue weighted by Gasteiger charge is 2.36. The SMILES string of the molecule is CCC1CCC(CN)C(N(CC2CC2)C(C)C)C1. The van der Waals surface area contributed by atoms with Gasteiger partial charge in [0.15, 0.2) is 0 Å². The van der Waals surface area contributed by atoms with Crippen LogP contribution in [0.3, 0.4) is 0 Å². The Balaban J connectivity index is 2.02. The maximum absolute atomic E-state index is 6.04. The van der Waals surface area contributed by atoms with E-state index in [1.165, 1.54) is 45.1 Å². The predicted octanol–water partition coefficient (Wildman–Crippen LogP) is 3.26. The fourth-order valence-corrected chi connectivity index (χ4v) is 3.67. The maximum atomic E-state index is 6.04. The first-order chi connectivity index (χ1) is 8.65. The molecular weight excluding hydrogens is 220 g/mol. The van der Waals surface area contributed by atoms with Gasteiger partial charge in [-0.2, -0.15) is 0 Å². The van der Waals surface area contributed by atoms with Crippen LogP contribution < -0.4 is 5.73 Å². The summed E-state index contributed by atoms with van der Waals surface area (Å²) < 4.78 is 0. The van der Waals surface area contributed by atoms with Gasteiger partial charge in [0, 0.05) is 18.6 Å². The van der Waals surface area contributed by atoms with Gasteiger partial charge in [-0.05, 0) is 63.8 Å². The molecule has 3 atom stereocenters. The smallest absolute Gasteiger partial charge is 0.0141 e. The van der Waals surface area contributed by atoms with Crippen molar-refractivity contribution in [3.05, 3.63) is 0 Å². The molecule has 2 nitrogen and oxygen atoms in total. The van der Waals surface area contributed by atoms with E-state index < -0.39 is 0 Å². The summed E-state index contributed by atoms with van der Waals surface area (Å²) in [6.07, 6.45) is 8.42. The lowest BCUT2D eigenvalue weighted by Gasteiger charge is -2.44. The van der Waals surface area contributed by atoms with Gasteiger partial charge < -0.3 is 5.73 Å². The zero-order chi connectivity index (χ0) is 13.1. The first-order valence-electron chi connectivity index (χ1n) is 8.11. The van der Waals surface area contributed by atoms with Gasteiger partial charge in [-0.3, -0.25) is 4.90 Å². The van der Waals surface area contributed by atoms with Crippen LogP contribution in [0.1, 0.15) is 59.3 Å². The van der Waals surface area contributed by atoms with Crippen LogP contribution >= 0.6 is 0 Å². The average Bonchev–Trinajstić information content (AvgIpc) is 3.18. The topological polar surface area (TPSA) is 29.3 Å². The highest BCUT2D eigenvalue weighted by molar-refractivity contribution is 4.91. The van der Waals surface area contributed by atoms with Crippen molar-refractivity contribution >= 4 is 0 Å². The van der Waals surface area contributed by atoms with Crippen molar-refractivity contribution in [2.24, 2.45) is 23.5 Å². The molecule has 2 aliphatic carbocycles. The zero-order valence-electron chi connectivity index (χ0n) is 12.6. The monoisotopic (exact) mass is 252 g/mol. The maximum Gasteiger partial charge on any atom is 0.0141 e. The largest absolute Gasteiger partial charge is 0.330 e. The number of nitrogens with zero attached hydrogens (tertiary/aromatic N) is 1. The van der Waals surface area contributed by atoms with Crippen LogP contribution in [0.25, 0.3) is 0 Å². The summed E-state index contributed by atoms with van der Waals surface area (Å²) in [5, 5.41) is 0. The molecule has 2 heteroatoms. The molecule has 0 aromatic carbocycles. The highest BCUT2D eigenvalue weighted by Crippen LogP contribution is 2.37. The zero-order valence-corrected chi connectivity index (χ0v) is 12.6. The van der Waals surface area contributed by atoms with Crippen LogP contribution in [0.5, 0.6) is 0 Å². The number of nitrogens with two attached hydrogens (primary N) is 1. The predicted molar refractivity (Wildman–Crippen MR) is 78.5 cm³/mol. The minimum atomic E-state index is 0.681. The molecule has 18 heavy (non-hydrogen) atoms. The van der Waals surface area contributed by atoms with Crippen molar-refractivity contribution in [2.75, 3.05) is 13.1 Å². The first-order valence-corrected chi connectivity index (χ1v) is 8.11. The summed E-state index contributed by atoms with van der Waals surface area (Å²) in [6.45, 7) is 9.30. The Hall–Kier alpha value is -0.0800. The van der Waals surface area contributed by atoms with E-state index >= 15 is 0 Å². The molecule has 2 aliphatic rings. The molecule has 3 unspecified atom stereocenters. The second kappa shape index (κ2) is 6.38. The van der Waals surface area contributed by atoms with Gasteiger partial charge in [-0.25, -0.2) is 0 Å². The minimum Gasteiger partial charge on any atom is -0.330 e. The average molecular weight is 252 g/mol. The van der Waals surface area contributed by atoms with Gasteiger partial charge in [-0.15, -0.1) is 0 Å². The molecule has 0 bridgehead atoms. The fraction of sp³-hybridized carbons (Fsp3) is 1.00. The van der Waals surface area contributed by atoms with E-state index in [-0.39, 0.29) is 0 Å². The molecular formula is C16H32N2. The number of hydrogen-bond acceptors (Lipinski definition) is 2. The molecule has 0 spiro atoms. The number of hydrogen-bond donors (Lipinski definition) is 1. The molecule has 2 fully saturated rings. The van der Waals surface area contributed by atoms with Crippen LogP contribution in [0.15, 0.2) is 0 Å². The van der Waals surface area contributed by atoms with E-state index in [0.29, 0.717) is 6.04 Å². The first kappa shape index (κ1) is 14.3. The van der Waals surface area contributed by atoms with Gasteiger partial charge in [0.2, 0.25) is 0 Å². The van der Waals surface area contributed by atoms with Gasteiger partial charge in [0.25, 0.3) is 0 Å². The summed E-state index contributed by atoms with van der Waals surface area (Å²) in [5.41, 5.74) is 6.04.